The van der Waals surface area contributed by atoms with Gasteiger partial charge in [-0.15, -0.1) is 0 Å². The lowest BCUT2D eigenvalue weighted by Crippen LogP contribution is -2.61. The summed E-state index contributed by atoms with van der Waals surface area (Å²) in [5.74, 6) is -0.925. The molecule has 0 aromatic heterocycles. The Morgan fingerprint density at radius 1 is 0.470 bits per heavy atom. The third kappa shape index (κ3) is 26.7. The van der Waals surface area contributed by atoms with Crippen LogP contribution in [0.25, 0.3) is 0 Å². The molecule has 2 fully saturated rings. The van der Waals surface area contributed by atoms with Crippen LogP contribution >= 0.6 is 0 Å². The third-order valence-electron chi connectivity index (χ3n) is 12.4. The van der Waals surface area contributed by atoms with E-state index in [1.165, 1.54) is 103 Å². The van der Waals surface area contributed by atoms with Crippen molar-refractivity contribution in [2.45, 2.75) is 261 Å². The number of rotatable bonds is 40. The number of hydrogen-bond donors (Lipinski definition) is 7. The van der Waals surface area contributed by atoms with Gasteiger partial charge in [-0.05, 0) is 51.4 Å². The average Bonchev–Trinajstić information content (AvgIpc) is 3.31. The van der Waals surface area contributed by atoms with Crippen LogP contribution in [0.3, 0.4) is 0 Å². The van der Waals surface area contributed by atoms with E-state index in [2.05, 4.69) is 38.2 Å². The first-order valence-electron chi connectivity index (χ1n) is 25.9. The molecule has 11 atom stereocenters. The summed E-state index contributed by atoms with van der Waals surface area (Å²) in [5, 5.41) is 72.1. The highest BCUT2D eigenvalue weighted by Crippen LogP contribution is 2.26. The van der Waals surface area contributed by atoms with Crippen LogP contribution in [0, 0.1) is 0 Å². The molecule has 0 aromatic rings. The second-order valence-electron chi connectivity index (χ2n) is 18.3. The Labute approximate surface area is 396 Å². The van der Waals surface area contributed by atoms with Gasteiger partial charge in [0.15, 0.2) is 18.7 Å². The fourth-order valence-corrected chi connectivity index (χ4v) is 8.06. The minimum Gasteiger partial charge on any atom is -0.462 e. The molecular formula is C51H92O15. The normalized spacial score (nSPS) is 26.3. The number of carbonyl (C=O) groups is 2. The van der Waals surface area contributed by atoms with Crippen molar-refractivity contribution in [3.05, 3.63) is 24.3 Å². The highest BCUT2D eigenvalue weighted by Gasteiger charge is 2.47. The summed E-state index contributed by atoms with van der Waals surface area (Å²) in [4.78, 5) is 25.8. The molecule has 66 heavy (non-hydrogen) atoms. The highest BCUT2D eigenvalue weighted by molar-refractivity contribution is 5.70. The number of hydrogen-bond acceptors (Lipinski definition) is 15. The highest BCUT2D eigenvalue weighted by atomic mass is 16.7. The van der Waals surface area contributed by atoms with Gasteiger partial charge in [0.1, 0.15) is 55.4 Å². The Morgan fingerprint density at radius 2 is 0.864 bits per heavy atom. The summed E-state index contributed by atoms with van der Waals surface area (Å²) < 4.78 is 33.6. The second kappa shape index (κ2) is 38.8. The number of allylic oxidation sites excluding steroid dienone is 4. The maximum absolute atomic E-state index is 13.0. The molecule has 386 valence electrons. The number of carbonyl (C=O) groups excluding carboxylic acids is 2. The molecule has 2 aliphatic heterocycles. The number of unbranched alkanes of at least 4 members (excludes halogenated alkanes) is 22. The zero-order valence-corrected chi connectivity index (χ0v) is 40.7. The molecule has 7 N–H and O–H groups in total. The van der Waals surface area contributed by atoms with E-state index >= 15 is 0 Å². The molecule has 4 unspecified atom stereocenters. The van der Waals surface area contributed by atoms with Gasteiger partial charge in [0, 0.05) is 12.8 Å². The molecule has 15 heteroatoms. The van der Waals surface area contributed by atoms with Gasteiger partial charge < -0.3 is 64.2 Å². The predicted octanol–water partition coefficient (Wildman–Crippen LogP) is 7.16. The topological polar surface area (TPSA) is 231 Å². The molecule has 0 bridgehead atoms. The number of esters is 2. The van der Waals surface area contributed by atoms with E-state index in [0.717, 1.165) is 51.4 Å². The lowest BCUT2D eigenvalue weighted by molar-refractivity contribution is -0.332. The number of ether oxygens (including phenoxy) is 6. The van der Waals surface area contributed by atoms with Crippen LogP contribution in [-0.4, -0.2) is 142 Å². The van der Waals surface area contributed by atoms with Crippen LogP contribution in [0.4, 0.5) is 0 Å². The summed E-state index contributed by atoms with van der Waals surface area (Å²) in [6, 6.07) is 0. The van der Waals surface area contributed by atoms with Gasteiger partial charge in [0.25, 0.3) is 0 Å². The minimum atomic E-state index is -1.76. The average molecular weight is 945 g/mol. The van der Waals surface area contributed by atoms with E-state index in [1.807, 2.05) is 0 Å². The smallest absolute Gasteiger partial charge is 0.306 e. The van der Waals surface area contributed by atoms with Gasteiger partial charge in [-0.3, -0.25) is 9.59 Å². The zero-order chi connectivity index (χ0) is 48.2. The van der Waals surface area contributed by atoms with E-state index in [0.29, 0.717) is 12.8 Å². The largest absolute Gasteiger partial charge is 0.462 e. The number of aliphatic hydroxyl groups is 7. The van der Waals surface area contributed by atoms with Crippen molar-refractivity contribution in [1.82, 2.24) is 0 Å². The molecule has 0 aliphatic carbocycles. The van der Waals surface area contributed by atoms with Crippen molar-refractivity contribution in [1.29, 1.82) is 0 Å². The lowest BCUT2D eigenvalue weighted by atomic mass is 9.98. The molecule has 0 amide bonds. The fourth-order valence-electron chi connectivity index (χ4n) is 8.06. The van der Waals surface area contributed by atoms with Crippen LogP contribution in [-0.2, 0) is 38.0 Å². The number of aliphatic hydroxyl groups excluding tert-OH is 7. The Hall–Kier alpha value is -2.02. The Bertz CT molecular complexity index is 1250. The van der Waals surface area contributed by atoms with Crippen molar-refractivity contribution < 1.29 is 73.8 Å². The maximum atomic E-state index is 13.0. The molecule has 2 heterocycles. The SMILES string of the molecule is CCCC/C=C/CCCCCCCCCCCC(=O)OC[C@H](CO[C@@H]1O[C@H](CO[C@@H]2O[C@H](CO)[C@H](O)C(O)C2O)[C@H](O)C(O)C1O)OC(=O)CCCCCCCCCCC/C=C/CCCC. The van der Waals surface area contributed by atoms with Crippen molar-refractivity contribution in [3.8, 4) is 0 Å². The van der Waals surface area contributed by atoms with E-state index in [9.17, 15) is 45.3 Å². The van der Waals surface area contributed by atoms with Gasteiger partial charge in [-0.25, -0.2) is 0 Å². The molecule has 0 aromatic carbocycles. The minimum absolute atomic E-state index is 0.164. The van der Waals surface area contributed by atoms with Crippen LogP contribution < -0.4 is 0 Å². The third-order valence-corrected chi connectivity index (χ3v) is 12.4. The van der Waals surface area contributed by atoms with E-state index in [-0.39, 0.29) is 26.1 Å². The Balaban J connectivity index is 1.80. The van der Waals surface area contributed by atoms with Gasteiger partial charge in [-0.2, -0.15) is 0 Å². The monoisotopic (exact) mass is 945 g/mol. The summed E-state index contributed by atoms with van der Waals surface area (Å²) in [6.07, 6.45) is 22.0. The predicted molar refractivity (Wildman–Crippen MR) is 252 cm³/mol. The molecule has 0 saturated carbocycles. The molecule has 0 radical (unpaired) electrons. The van der Waals surface area contributed by atoms with Crippen LogP contribution in [0.15, 0.2) is 24.3 Å². The van der Waals surface area contributed by atoms with Crippen LogP contribution in [0.1, 0.15) is 194 Å². The van der Waals surface area contributed by atoms with Gasteiger partial charge in [-0.1, -0.05) is 154 Å². The molecule has 2 aliphatic rings. The van der Waals surface area contributed by atoms with Crippen molar-refractivity contribution in [2.75, 3.05) is 26.4 Å². The molecule has 0 spiro atoms. The summed E-state index contributed by atoms with van der Waals surface area (Å²) in [7, 11) is 0. The quantitative estimate of drug-likeness (QED) is 0.0184. The van der Waals surface area contributed by atoms with Crippen molar-refractivity contribution in [3.63, 3.8) is 0 Å². The van der Waals surface area contributed by atoms with Gasteiger partial charge in [0.2, 0.25) is 0 Å². The standard InChI is InChI=1S/C51H92O15/c1-3-5-7-9-11-13-15-17-19-21-23-25-27-29-31-33-42(53)61-36-39(64-43(54)34-32-30-28-26-24-22-20-18-16-14-12-10-8-6-4-2)37-62-50-49(60)47(58)45(56)41(66-50)38-63-51-48(59)46(57)44(55)40(35-52)65-51/h9-12,39-41,44-52,55-60H,3-8,13-38H2,1-2H3/b11-9+,12-10+/t39-,40-,41-,44+,45+,46?,47?,48?,49?,50-,51-/m1/s1. The van der Waals surface area contributed by atoms with Crippen molar-refractivity contribution in [2.24, 2.45) is 0 Å². The van der Waals surface area contributed by atoms with Crippen LogP contribution in [0.5, 0.6) is 0 Å². The lowest BCUT2D eigenvalue weighted by Gasteiger charge is -2.42. The second-order valence-corrected chi connectivity index (χ2v) is 18.3. The fraction of sp³-hybridized carbons (Fsp3) is 0.882. The summed E-state index contributed by atoms with van der Waals surface area (Å²) >= 11 is 0. The first-order chi connectivity index (χ1) is 32.0. The van der Waals surface area contributed by atoms with Crippen LogP contribution in [0.2, 0.25) is 0 Å². The maximum Gasteiger partial charge on any atom is 0.306 e. The summed E-state index contributed by atoms with van der Waals surface area (Å²) in [5.41, 5.74) is 0. The first-order valence-corrected chi connectivity index (χ1v) is 25.9. The Morgan fingerprint density at radius 3 is 1.33 bits per heavy atom. The van der Waals surface area contributed by atoms with Gasteiger partial charge >= 0.3 is 11.9 Å². The molecular weight excluding hydrogens is 853 g/mol. The molecule has 2 rings (SSSR count). The van der Waals surface area contributed by atoms with Gasteiger partial charge in [0.05, 0.1) is 19.8 Å². The molecule has 2 saturated heterocycles. The summed E-state index contributed by atoms with van der Waals surface area (Å²) in [6.45, 7) is 2.54. The Kier molecular flexibility index (Phi) is 35.3. The van der Waals surface area contributed by atoms with E-state index in [1.54, 1.807) is 0 Å². The zero-order valence-electron chi connectivity index (χ0n) is 40.7. The van der Waals surface area contributed by atoms with E-state index in [4.69, 9.17) is 28.4 Å². The van der Waals surface area contributed by atoms with E-state index < -0.39 is 92.7 Å². The first kappa shape index (κ1) is 60.1. The molecule has 15 nitrogen and oxygen atoms in total. The van der Waals surface area contributed by atoms with Crippen molar-refractivity contribution >= 4 is 11.9 Å².